The van der Waals surface area contributed by atoms with E-state index in [1.165, 1.54) is 0 Å². The van der Waals surface area contributed by atoms with E-state index >= 15 is 0 Å². The lowest BCUT2D eigenvalue weighted by molar-refractivity contribution is 0.0520. The number of pyridine rings is 1. The van der Waals surface area contributed by atoms with Crippen molar-refractivity contribution in [3.05, 3.63) is 59.5 Å². The maximum Gasteiger partial charge on any atom is 0.413 e. The van der Waals surface area contributed by atoms with Gasteiger partial charge in [0.2, 0.25) is 0 Å². The van der Waals surface area contributed by atoms with Crippen molar-refractivity contribution in [2.75, 3.05) is 11.9 Å². The van der Waals surface area contributed by atoms with Crippen molar-refractivity contribution in [3.63, 3.8) is 0 Å². The van der Waals surface area contributed by atoms with Crippen LogP contribution in [0, 0.1) is 5.82 Å². The molecule has 0 radical (unpaired) electrons. The summed E-state index contributed by atoms with van der Waals surface area (Å²) in [6.45, 7) is 1.80. The maximum atomic E-state index is 13.5. The number of nitrogens with zero attached hydrogens (tertiary/aromatic N) is 1. The average Bonchev–Trinajstić information content (AvgIpc) is 2.56. The molecule has 0 saturated heterocycles. The Balaban J connectivity index is 1.98. The van der Waals surface area contributed by atoms with E-state index in [0.717, 1.165) is 17.8 Å². The van der Waals surface area contributed by atoms with E-state index in [1.807, 2.05) is 30.3 Å². The summed E-state index contributed by atoms with van der Waals surface area (Å²) >= 11 is 0. The summed E-state index contributed by atoms with van der Waals surface area (Å²) in [7, 11) is 0. The number of rotatable bonds is 5. The molecule has 23 heavy (non-hydrogen) atoms. The molecule has 2 rings (SSSR count). The molecule has 0 atom stereocenters. The van der Waals surface area contributed by atoms with E-state index in [0.29, 0.717) is 0 Å². The molecule has 0 bridgehead atoms. The van der Waals surface area contributed by atoms with E-state index in [-0.39, 0.29) is 24.6 Å². The lowest BCUT2D eigenvalue weighted by Crippen LogP contribution is -2.16. The Morgan fingerprint density at radius 1 is 1.22 bits per heavy atom. The van der Waals surface area contributed by atoms with Gasteiger partial charge in [-0.2, -0.15) is 0 Å². The Bertz CT molecular complexity index is 692. The van der Waals surface area contributed by atoms with Gasteiger partial charge in [-0.05, 0) is 18.6 Å². The second kappa shape index (κ2) is 7.88. The number of aromatic nitrogens is 1. The quantitative estimate of drug-likeness (QED) is 0.857. The van der Waals surface area contributed by atoms with Crippen molar-refractivity contribution in [1.29, 1.82) is 0 Å². The van der Waals surface area contributed by atoms with Gasteiger partial charge in [0.15, 0.2) is 5.82 Å². The van der Waals surface area contributed by atoms with E-state index in [9.17, 15) is 14.0 Å². The van der Waals surface area contributed by atoms with Crippen LogP contribution in [-0.4, -0.2) is 23.7 Å². The number of benzene rings is 1. The predicted molar refractivity (Wildman–Crippen MR) is 80.4 cm³/mol. The van der Waals surface area contributed by atoms with Gasteiger partial charge >= 0.3 is 12.1 Å². The summed E-state index contributed by atoms with van der Waals surface area (Å²) in [5, 5.41) is 2.33. The highest BCUT2D eigenvalue weighted by Crippen LogP contribution is 2.13. The number of carbonyl (C=O) groups is 2. The minimum absolute atomic E-state index is 0.00693. The van der Waals surface area contributed by atoms with Crippen LogP contribution in [0.1, 0.15) is 22.8 Å². The molecule has 2 aromatic rings. The zero-order valence-corrected chi connectivity index (χ0v) is 12.4. The number of esters is 1. The fraction of sp³-hybridized carbons (Fsp3) is 0.188. The third kappa shape index (κ3) is 4.77. The monoisotopic (exact) mass is 318 g/mol. The molecular formula is C16H15FN2O4. The van der Waals surface area contributed by atoms with Crippen LogP contribution in [0.25, 0.3) is 0 Å². The van der Waals surface area contributed by atoms with E-state index in [1.54, 1.807) is 6.92 Å². The highest BCUT2D eigenvalue weighted by molar-refractivity contribution is 5.92. The molecule has 120 valence electrons. The Labute approximate surface area is 132 Å². The van der Waals surface area contributed by atoms with Crippen LogP contribution in [0.2, 0.25) is 0 Å². The molecule has 1 aromatic heterocycles. The van der Waals surface area contributed by atoms with E-state index in [2.05, 4.69) is 10.3 Å². The van der Waals surface area contributed by atoms with E-state index in [4.69, 9.17) is 9.47 Å². The van der Waals surface area contributed by atoms with Gasteiger partial charge in [-0.3, -0.25) is 5.32 Å². The highest BCUT2D eigenvalue weighted by atomic mass is 19.1. The molecule has 1 aromatic carbocycles. The molecule has 0 aliphatic rings. The van der Waals surface area contributed by atoms with Crippen molar-refractivity contribution in [3.8, 4) is 0 Å². The van der Waals surface area contributed by atoms with Gasteiger partial charge in [0.25, 0.3) is 0 Å². The van der Waals surface area contributed by atoms with Crippen LogP contribution >= 0.6 is 0 Å². The maximum absolute atomic E-state index is 13.5. The summed E-state index contributed by atoms with van der Waals surface area (Å²) in [6.07, 6.45) is 0.0711. The lowest BCUT2D eigenvalue weighted by Gasteiger charge is -2.08. The first-order valence-electron chi connectivity index (χ1n) is 6.90. The first-order chi connectivity index (χ1) is 11.1. The van der Waals surface area contributed by atoms with Gasteiger partial charge in [0.1, 0.15) is 18.0 Å². The molecular weight excluding hydrogens is 303 g/mol. The normalized spacial score (nSPS) is 10.0. The van der Waals surface area contributed by atoms with Gasteiger partial charge < -0.3 is 9.47 Å². The fourth-order valence-corrected chi connectivity index (χ4v) is 1.74. The first-order valence-corrected chi connectivity index (χ1v) is 6.90. The molecule has 0 spiro atoms. The van der Waals surface area contributed by atoms with Gasteiger partial charge in [-0.15, -0.1) is 0 Å². The van der Waals surface area contributed by atoms with Crippen molar-refractivity contribution in [2.45, 2.75) is 13.5 Å². The number of nitrogens with one attached hydrogen (secondary N) is 1. The minimum Gasteiger partial charge on any atom is -0.462 e. The second-order valence-corrected chi connectivity index (χ2v) is 4.46. The summed E-state index contributed by atoms with van der Waals surface area (Å²) in [6, 6.07) is 10.2. The molecule has 1 heterocycles. The molecule has 0 aliphatic carbocycles. The SMILES string of the molecule is CCOC(=O)c1cc(NC(=O)OCc2ccccc2)ncc1F. The third-order valence-electron chi connectivity index (χ3n) is 2.79. The third-order valence-corrected chi connectivity index (χ3v) is 2.79. The standard InChI is InChI=1S/C16H15FN2O4/c1-2-22-15(20)12-8-14(18-9-13(12)17)19-16(21)23-10-11-6-4-3-5-7-11/h3-9H,2,10H2,1H3,(H,18,19,21). The van der Waals surface area contributed by atoms with Crippen LogP contribution < -0.4 is 5.32 Å². The Kier molecular flexibility index (Phi) is 5.62. The predicted octanol–water partition coefficient (Wildman–Crippen LogP) is 3.15. The average molecular weight is 318 g/mol. The van der Waals surface area contributed by atoms with Gasteiger partial charge in [0.05, 0.1) is 12.8 Å². The van der Waals surface area contributed by atoms with Gasteiger partial charge in [-0.1, -0.05) is 30.3 Å². The second-order valence-electron chi connectivity index (χ2n) is 4.46. The van der Waals surface area contributed by atoms with Crippen LogP contribution in [-0.2, 0) is 16.1 Å². The number of hydrogen-bond donors (Lipinski definition) is 1. The minimum atomic E-state index is -0.827. The molecule has 0 saturated carbocycles. The molecule has 0 aliphatic heterocycles. The topological polar surface area (TPSA) is 77.5 Å². The Morgan fingerprint density at radius 3 is 2.65 bits per heavy atom. The Hall–Kier alpha value is -2.96. The summed E-state index contributed by atoms with van der Waals surface area (Å²) in [5.41, 5.74) is 0.516. The first kappa shape index (κ1) is 16.4. The van der Waals surface area contributed by atoms with Crippen LogP contribution in [0.4, 0.5) is 15.0 Å². The molecule has 1 amide bonds. The number of hydrogen-bond acceptors (Lipinski definition) is 5. The number of anilines is 1. The number of amides is 1. The Morgan fingerprint density at radius 2 is 1.96 bits per heavy atom. The van der Waals surface area contributed by atoms with Gasteiger partial charge in [0, 0.05) is 0 Å². The number of ether oxygens (including phenoxy) is 2. The summed E-state index contributed by atoms with van der Waals surface area (Å²) in [4.78, 5) is 27.0. The lowest BCUT2D eigenvalue weighted by atomic mass is 10.2. The molecule has 0 fully saturated rings. The zero-order valence-electron chi connectivity index (χ0n) is 12.4. The smallest absolute Gasteiger partial charge is 0.413 e. The van der Waals surface area contributed by atoms with Crippen LogP contribution in [0.15, 0.2) is 42.6 Å². The number of carbonyl (C=O) groups excluding carboxylic acids is 2. The summed E-state index contributed by atoms with van der Waals surface area (Å²) in [5.74, 6) is -1.66. The molecule has 0 unspecified atom stereocenters. The van der Waals surface area contributed by atoms with Crippen LogP contribution in [0.3, 0.4) is 0 Å². The van der Waals surface area contributed by atoms with Crippen LogP contribution in [0.5, 0.6) is 0 Å². The zero-order chi connectivity index (χ0) is 16.7. The van der Waals surface area contributed by atoms with E-state index < -0.39 is 17.9 Å². The molecule has 1 N–H and O–H groups in total. The molecule has 7 heteroatoms. The van der Waals surface area contributed by atoms with Crippen molar-refractivity contribution in [1.82, 2.24) is 4.98 Å². The number of halogens is 1. The fourth-order valence-electron chi connectivity index (χ4n) is 1.74. The van der Waals surface area contributed by atoms with Crippen molar-refractivity contribution >= 4 is 17.9 Å². The van der Waals surface area contributed by atoms with Crippen molar-refractivity contribution in [2.24, 2.45) is 0 Å². The highest BCUT2D eigenvalue weighted by Gasteiger charge is 2.15. The largest absolute Gasteiger partial charge is 0.462 e. The molecule has 6 nitrogen and oxygen atoms in total. The van der Waals surface area contributed by atoms with Gasteiger partial charge in [-0.25, -0.2) is 19.0 Å². The van der Waals surface area contributed by atoms with Crippen molar-refractivity contribution < 1.29 is 23.5 Å². The summed E-state index contributed by atoms with van der Waals surface area (Å²) < 4.78 is 23.3.